The lowest BCUT2D eigenvalue weighted by molar-refractivity contribution is -0.119. The molecule has 2 aromatic rings. The second-order valence-corrected chi connectivity index (χ2v) is 6.56. The van der Waals surface area contributed by atoms with Gasteiger partial charge in [0.05, 0.1) is 12.2 Å². The Bertz CT molecular complexity index is 860. The van der Waals surface area contributed by atoms with Crippen molar-refractivity contribution in [2.24, 2.45) is 0 Å². The standard InChI is InChI=1S/C23H28N2O5/c1-4-14-29-20-12-10-17(11-13-20)23(28)30-16-21(26)24-19-9-7-8-18(15-19)22(27)25(5-2)6-3/h7-13,15H,4-6,14,16H2,1-3H3,(H,24,26). The van der Waals surface area contributed by atoms with E-state index in [2.05, 4.69) is 5.32 Å². The minimum atomic E-state index is -0.599. The van der Waals surface area contributed by atoms with Crippen LogP contribution in [0, 0.1) is 0 Å². The zero-order chi connectivity index (χ0) is 21.9. The average Bonchev–Trinajstić information content (AvgIpc) is 2.77. The molecular weight excluding hydrogens is 384 g/mol. The largest absolute Gasteiger partial charge is 0.494 e. The van der Waals surface area contributed by atoms with Gasteiger partial charge in [0.1, 0.15) is 5.75 Å². The van der Waals surface area contributed by atoms with Crippen molar-refractivity contribution in [1.29, 1.82) is 0 Å². The van der Waals surface area contributed by atoms with E-state index in [-0.39, 0.29) is 5.91 Å². The van der Waals surface area contributed by atoms with Crippen molar-refractivity contribution < 1.29 is 23.9 Å². The molecule has 160 valence electrons. The maximum atomic E-state index is 12.4. The third-order valence-corrected chi connectivity index (χ3v) is 4.34. The topological polar surface area (TPSA) is 84.9 Å². The zero-order valence-corrected chi connectivity index (χ0v) is 17.6. The van der Waals surface area contributed by atoms with Crippen LogP contribution < -0.4 is 10.1 Å². The fourth-order valence-corrected chi connectivity index (χ4v) is 2.74. The van der Waals surface area contributed by atoms with Gasteiger partial charge in [0.15, 0.2) is 6.61 Å². The maximum Gasteiger partial charge on any atom is 0.338 e. The van der Waals surface area contributed by atoms with Gasteiger partial charge in [-0.1, -0.05) is 13.0 Å². The molecule has 2 rings (SSSR count). The molecule has 0 aliphatic rings. The van der Waals surface area contributed by atoms with Gasteiger partial charge in [0.2, 0.25) is 0 Å². The van der Waals surface area contributed by atoms with Crippen LogP contribution in [-0.4, -0.2) is 49.0 Å². The van der Waals surface area contributed by atoms with E-state index in [1.807, 2.05) is 20.8 Å². The highest BCUT2D eigenvalue weighted by atomic mass is 16.5. The van der Waals surface area contributed by atoms with Crippen LogP contribution in [0.3, 0.4) is 0 Å². The Balaban J connectivity index is 1.89. The number of nitrogens with zero attached hydrogens (tertiary/aromatic N) is 1. The Morgan fingerprint density at radius 3 is 2.27 bits per heavy atom. The number of nitrogens with one attached hydrogen (secondary N) is 1. The highest BCUT2D eigenvalue weighted by Gasteiger charge is 2.14. The molecule has 0 fully saturated rings. The minimum absolute atomic E-state index is 0.103. The number of esters is 1. The molecule has 30 heavy (non-hydrogen) atoms. The molecule has 0 saturated heterocycles. The summed E-state index contributed by atoms with van der Waals surface area (Å²) in [4.78, 5) is 38.4. The minimum Gasteiger partial charge on any atom is -0.494 e. The van der Waals surface area contributed by atoms with Crippen LogP contribution in [-0.2, 0) is 9.53 Å². The summed E-state index contributed by atoms with van der Waals surface area (Å²) in [5.41, 5.74) is 1.28. The first-order valence-electron chi connectivity index (χ1n) is 10.1. The number of anilines is 1. The SMILES string of the molecule is CCCOc1ccc(C(=O)OCC(=O)Nc2cccc(C(=O)N(CC)CC)c2)cc1. The molecule has 7 nitrogen and oxygen atoms in total. The fraction of sp³-hybridized carbons (Fsp3) is 0.348. The number of benzene rings is 2. The lowest BCUT2D eigenvalue weighted by Crippen LogP contribution is -2.30. The van der Waals surface area contributed by atoms with Gasteiger partial charge >= 0.3 is 5.97 Å². The number of carbonyl (C=O) groups excluding carboxylic acids is 3. The van der Waals surface area contributed by atoms with Crippen LogP contribution in [0.2, 0.25) is 0 Å². The lowest BCUT2D eigenvalue weighted by Gasteiger charge is -2.19. The van der Waals surface area contributed by atoms with Gasteiger partial charge in [0.25, 0.3) is 11.8 Å². The smallest absolute Gasteiger partial charge is 0.338 e. The number of rotatable bonds is 10. The molecule has 0 unspecified atom stereocenters. The average molecular weight is 412 g/mol. The van der Waals surface area contributed by atoms with Crippen LogP contribution in [0.4, 0.5) is 5.69 Å². The molecule has 7 heteroatoms. The van der Waals surface area contributed by atoms with Gasteiger partial charge in [-0.25, -0.2) is 4.79 Å². The van der Waals surface area contributed by atoms with Crippen molar-refractivity contribution in [1.82, 2.24) is 4.90 Å². The zero-order valence-electron chi connectivity index (χ0n) is 17.6. The van der Waals surface area contributed by atoms with Crippen molar-refractivity contribution in [2.45, 2.75) is 27.2 Å². The first kappa shape index (κ1) is 22.9. The van der Waals surface area contributed by atoms with Crippen LogP contribution in [0.15, 0.2) is 48.5 Å². The summed E-state index contributed by atoms with van der Waals surface area (Å²) in [7, 11) is 0. The molecule has 0 saturated carbocycles. The Labute approximate surface area is 177 Å². The Kier molecular flexibility index (Phi) is 8.87. The third kappa shape index (κ3) is 6.62. The van der Waals surface area contributed by atoms with Crippen LogP contribution in [0.5, 0.6) is 5.75 Å². The third-order valence-electron chi connectivity index (χ3n) is 4.34. The van der Waals surface area contributed by atoms with Gasteiger partial charge in [0, 0.05) is 24.3 Å². The van der Waals surface area contributed by atoms with E-state index in [9.17, 15) is 14.4 Å². The molecule has 0 aromatic heterocycles. The predicted octanol–water partition coefficient (Wildman–Crippen LogP) is 3.75. The molecule has 1 N–H and O–H groups in total. The van der Waals surface area contributed by atoms with E-state index < -0.39 is 18.5 Å². The summed E-state index contributed by atoms with van der Waals surface area (Å²) >= 11 is 0. The molecule has 0 spiro atoms. The summed E-state index contributed by atoms with van der Waals surface area (Å²) < 4.78 is 10.5. The molecular formula is C23H28N2O5. The number of hydrogen-bond donors (Lipinski definition) is 1. The molecule has 0 aliphatic carbocycles. The molecule has 0 atom stereocenters. The molecule has 0 radical (unpaired) electrons. The number of hydrogen-bond acceptors (Lipinski definition) is 5. The van der Waals surface area contributed by atoms with Crippen molar-refractivity contribution in [2.75, 3.05) is 31.6 Å². The van der Waals surface area contributed by atoms with E-state index in [4.69, 9.17) is 9.47 Å². The number of carbonyl (C=O) groups is 3. The summed E-state index contributed by atoms with van der Waals surface area (Å²) in [5.74, 6) is -0.518. The lowest BCUT2D eigenvalue weighted by atomic mass is 10.1. The van der Waals surface area contributed by atoms with Crippen LogP contribution >= 0.6 is 0 Å². The number of ether oxygens (including phenoxy) is 2. The molecule has 2 aromatic carbocycles. The molecule has 0 heterocycles. The Morgan fingerprint density at radius 1 is 0.933 bits per heavy atom. The second-order valence-electron chi connectivity index (χ2n) is 6.56. The highest BCUT2D eigenvalue weighted by Crippen LogP contribution is 2.14. The molecule has 0 bridgehead atoms. The van der Waals surface area contributed by atoms with Crippen molar-refractivity contribution >= 4 is 23.5 Å². The number of amides is 2. The monoisotopic (exact) mass is 412 g/mol. The van der Waals surface area contributed by atoms with Gasteiger partial charge in [-0.05, 0) is 62.7 Å². The van der Waals surface area contributed by atoms with E-state index >= 15 is 0 Å². The maximum absolute atomic E-state index is 12.4. The summed E-state index contributed by atoms with van der Waals surface area (Å²) in [6.07, 6.45) is 0.894. The molecule has 0 aliphatic heterocycles. The van der Waals surface area contributed by atoms with Crippen molar-refractivity contribution in [3.63, 3.8) is 0 Å². The van der Waals surface area contributed by atoms with Gasteiger partial charge in [-0.3, -0.25) is 9.59 Å². The van der Waals surface area contributed by atoms with E-state index in [1.165, 1.54) is 0 Å². The van der Waals surface area contributed by atoms with E-state index in [1.54, 1.807) is 53.4 Å². The quantitative estimate of drug-likeness (QED) is 0.601. The summed E-state index contributed by atoms with van der Waals surface area (Å²) in [6, 6.07) is 13.2. The second kappa shape index (κ2) is 11.6. The van der Waals surface area contributed by atoms with Gasteiger partial charge < -0.3 is 19.7 Å². The van der Waals surface area contributed by atoms with E-state index in [0.717, 1.165) is 6.42 Å². The van der Waals surface area contributed by atoms with Crippen molar-refractivity contribution in [3.05, 3.63) is 59.7 Å². The Hall–Kier alpha value is -3.35. The van der Waals surface area contributed by atoms with Gasteiger partial charge in [-0.15, -0.1) is 0 Å². The first-order chi connectivity index (χ1) is 14.5. The fourth-order valence-electron chi connectivity index (χ4n) is 2.74. The van der Waals surface area contributed by atoms with E-state index in [0.29, 0.717) is 42.3 Å². The summed E-state index contributed by atoms with van der Waals surface area (Å²) in [5, 5.41) is 2.64. The van der Waals surface area contributed by atoms with Gasteiger partial charge in [-0.2, -0.15) is 0 Å². The summed E-state index contributed by atoms with van der Waals surface area (Å²) in [6.45, 7) is 7.21. The first-order valence-corrected chi connectivity index (χ1v) is 10.1. The normalized spacial score (nSPS) is 10.2. The van der Waals surface area contributed by atoms with Crippen molar-refractivity contribution in [3.8, 4) is 5.75 Å². The van der Waals surface area contributed by atoms with Crippen LogP contribution in [0.25, 0.3) is 0 Å². The predicted molar refractivity (Wildman–Crippen MR) is 115 cm³/mol. The molecule has 2 amide bonds. The highest BCUT2D eigenvalue weighted by molar-refractivity contribution is 5.98. The van der Waals surface area contributed by atoms with Crippen LogP contribution in [0.1, 0.15) is 47.9 Å². The Morgan fingerprint density at radius 2 is 1.63 bits per heavy atom.